The predicted molar refractivity (Wildman–Crippen MR) is 74.2 cm³/mol. The Morgan fingerprint density at radius 1 is 1.19 bits per heavy atom. The van der Waals surface area contributed by atoms with Crippen LogP contribution in [0, 0.1) is 0 Å². The van der Waals surface area contributed by atoms with Gasteiger partial charge in [0.05, 0.1) is 11.3 Å². The Hall–Kier alpha value is -1.61. The van der Waals surface area contributed by atoms with Crippen molar-refractivity contribution in [2.45, 2.75) is 11.1 Å². The van der Waals surface area contributed by atoms with E-state index >= 15 is 0 Å². The van der Waals surface area contributed by atoms with Gasteiger partial charge >= 0.3 is 6.18 Å². The molecule has 1 aromatic heterocycles. The SMILES string of the molecule is O=S(=O)(Nc1cc(Br)cc(C(F)(F)F)c1)c1cccnc1. The number of rotatable bonds is 3. The van der Waals surface area contributed by atoms with Crippen LogP contribution in [-0.4, -0.2) is 13.4 Å². The first kappa shape index (κ1) is 15.8. The van der Waals surface area contributed by atoms with E-state index in [2.05, 4.69) is 25.6 Å². The quantitative estimate of drug-likeness (QED) is 0.883. The summed E-state index contributed by atoms with van der Waals surface area (Å²) in [6, 6.07) is 5.53. The Labute approximate surface area is 127 Å². The third kappa shape index (κ3) is 3.94. The van der Waals surface area contributed by atoms with Gasteiger partial charge in [-0.15, -0.1) is 0 Å². The zero-order valence-corrected chi connectivity index (χ0v) is 12.6. The maximum Gasteiger partial charge on any atom is 0.416 e. The first-order chi connectivity index (χ1) is 9.68. The average Bonchev–Trinajstić information content (AvgIpc) is 2.37. The van der Waals surface area contributed by atoms with Crippen molar-refractivity contribution in [2.24, 2.45) is 0 Å². The second-order valence-corrected chi connectivity index (χ2v) is 6.62. The molecule has 9 heteroatoms. The van der Waals surface area contributed by atoms with Crippen molar-refractivity contribution in [3.05, 3.63) is 52.8 Å². The van der Waals surface area contributed by atoms with Crippen LogP contribution in [0.4, 0.5) is 18.9 Å². The van der Waals surface area contributed by atoms with Gasteiger partial charge in [0.15, 0.2) is 0 Å². The fourth-order valence-corrected chi connectivity index (χ4v) is 3.03. The molecule has 0 aliphatic rings. The van der Waals surface area contributed by atoms with Gasteiger partial charge in [-0.1, -0.05) is 15.9 Å². The van der Waals surface area contributed by atoms with Gasteiger partial charge in [-0.2, -0.15) is 13.2 Å². The fourth-order valence-electron chi connectivity index (χ4n) is 1.53. The largest absolute Gasteiger partial charge is 0.416 e. The summed E-state index contributed by atoms with van der Waals surface area (Å²) >= 11 is 2.92. The van der Waals surface area contributed by atoms with Crippen LogP contribution >= 0.6 is 15.9 Å². The van der Waals surface area contributed by atoms with Gasteiger partial charge < -0.3 is 0 Å². The van der Waals surface area contributed by atoms with E-state index in [4.69, 9.17) is 0 Å². The second kappa shape index (κ2) is 5.64. The Bertz CT molecular complexity index is 749. The molecular weight excluding hydrogens is 373 g/mol. The topological polar surface area (TPSA) is 59.1 Å². The molecule has 21 heavy (non-hydrogen) atoms. The molecule has 0 saturated heterocycles. The molecule has 0 spiro atoms. The van der Waals surface area contributed by atoms with Gasteiger partial charge in [0.1, 0.15) is 4.90 Å². The van der Waals surface area contributed by atoms with E-state index in [9.17, 15) is 21.6 Å². The zero-order valence-electron chi connectivity index (χ0n) is 10.2. The van der Waals surface area contributed by atoms with E-state index in [-0.39, 0.29) is 15.1 Å². The molecule has 4 nitrogen and oxygen atoms in total. The zero-order chi connectivity index (χ0) is 15.7. The van der Waals surface area contributed by atoms with Crippen LogP contribution in [0.1, 0.15) is 5.56 Å². The van der Waals surface area contributed by atoms with Crippen LogP contribution in [0.5, 0.6) is 0 Å². The summed E-state index contributed by atoms with van der Waals surface area (Å²) in [5.74, 6) is 0. The van der Waals surface area contributed by atoms with Crippen molar-refractivity contribution in [2.75, 3.05) is 4.72 Å². The highest BCUT2D eigenvalue weighted by Gasteiger charge is 2.31. The normalized spacial score (nSPS) is 12.2. The highest BCUT2D eigenvalue weighted by atomic mass is 79.9. The monoisotopic (exact) mass is 380 g/mol. The summed E-state index contributed by atoms with van der Waals surface area (Å²) in [7, 11) is -3.99. The van der Waals surface area contributed by atoms with Gasteiger partial charge in [0.25, 0.3) is 10.0 Å². The molecule has 0 bridgehead atoms. The molecule has 0 aliphatic heterocycles. The van der Waals surface area contributed by atoms with Crippen LogP contribution in [0.15, 0.2) is 52.1 Å². The maximum atomic E-state index is 12.7. The van der Waals surface area contributed by atoms with E-state index in [0.717, 1.165) is 18.3 Å². The molecule has 0 atom stereocenters. The summed E-state index contributed by atoms with van der Waals surface area (Å²) in [6.07, 6.45) is -2.08. The lowest BCUT2D eigenvalue weighted by molar-refractivity contribution is -0.137. The lowest BCUT2D eigenvalue weighted by Gasteiger charge is -2.12. The lowest BCUT2D eigenvalue weighted by atomic mass is 10.2. The molecular formula is C12H8BrF3N2O2S. The summed E-state index contributed by atoms with van der Waals surface area (Å²) in [4.78, 5) is 3.52. The molecule has 1 aromatic carbocycles. The van der Waals surface area contributed by atoms with Crippen LogP contribution in [-0.2, 0) is 16.2 Å². The number of sulfonamides is 1. The number of anilines is 1. The summed E-state index contributed by atoms with van der Waals surface area (Å²) in [6.45, 7) is 0. The van der Waals surface area contributed by atoms with Crippen LogP contribution in [0.2, 0.25) is 0 Å². The molecule has 0 unspecified atom stereocenters. The molecule has 112 valence electrons. The summed E-state index contributed by atoms with van der Waals surface area (Å²) in [5, 5.41) is 0. The number of alkyl halides is 3. The van der Waals surface area contributed by atoms with Crippen molar-refractivity contribution in [1.82, 2.24) is 4.98 Å². The number of hydrogen-bond acceptors (Lipinski definition) is 3. The third-order valence-electron chi connectivity index (χ3n) is 2.42. The number of benzene rings is 1. The van der Waals surface area contributed by atoms with Gasteiger partial charge in [0.2, 0.25) is 0 Å². The number of aromatic nitrogens is 1. The Balaban J connectivity index is 2.38. The number of nitrogens with zero attached hydrogens (tertiary/aromatic N) is 1. The number of pyridine rings is 1. The van der Waals surface area contributed by atoms with E-state index in [0.29, 0.717) is 0 Å². The Kier molecular flexibility index (Phi) is 4.24. The highest BCUT2D eigenvalue weighted by molar-refractivity contribution is 9.10. The molecule has 0 amide bonds. The minimum Gasteiger partial charge on any atom is -0.280 e. The minimum absolute atomic E-state index is 0.112. The highest BCUT2D eigenvalue weighted by Crippen LogP contribution is 2.33. The summed E-state index contributed by atoms with van der Waals surface area (Å²) in [5.41, 5.74) is -1.15. The van der Waals surface area contributed by atoms with Gasteiger partial charge in [-0.05, 0) is 30.3 Å². The molecule has 2 aromatic rings. The molecule has 1 N–H and O–H groups in total. The Morgan fingerprint density at radius 3 is 2.48 bits per heavy atom. The predicted octanol–water partition coefficient (Wildman–Crippen LogP) is 3.66. The Morgan fingerprint density at radius 2 is 1.90 bits per heavy atom. The number of nitrogens with one attached hydrogen (secondary N) is 1. The molecule has 1 heterocycles. The number of halogens is 4. The molecule has 0 aliphatic carbocycles. The summed E-state index contributed by atoms with van der Waals surface area (Å²) < 4.78 is 64.3. The van der Waals surface area contributed by atoms with Crippen molar-refractivity contribution >= 4 is 31.6 Å². The molecule has 0 radical (unpaired) electrons. The smallest absolute Gasteiger partial charge is 0.280 e. The van der Waals surface area contributed by atoms with E-state index in [1.807, 2.05) is 0 Å². The number of hydrogen-bond donors (Lipinski definition) is 1. The van der Waals surface area contributed by atoms with Crippen LogP contribution < -0.4 is 4.72 Å². The van der Waals surface area contributed by atoms with Crippen molar-refractivity contribution in [3.8, 4) is 0 Å². The van der Waals surface area contributed by atoms with Crippen LogP contribution in [0.25, 0.3) is 0 Å². The minimum atomic E-state index is -4.57. The van der Waals surface area contributed by atoms with Gasteiger partial charge in [-0.3, -0.25) is 9.71 Å². The van der Waals surface area contributed by atoms with Crippen molar-refractivity contribution in [1.29, 1.82) is 0 Å². The third-order valence-corrected chi connectivity index (χ3v) is 4.25. The standard InChI is InChI=1S/C12H8BrF3N2O2S/c13-9-4-8(12(14,15)16)5-10(6-9)18-21(19,20)11-2-1-3-17-7-11/h1-7,18H. The van der Waals surface area contributed by atoms with E-state index in [1.54, 1.807) is 0 Å². The van der Waals surface area contributed by atoms with Crippen molar-refractivity contribution < 1.29 is 21.6 Å². The molecule has 0 saturated carbocycles. The molecule has 0 fully saturated rings. The first-order valence-electron chi connectivity index (χ1n) is 5.49. The average molecular weight is 381 g/mol. The van der Waals surface area contributed by atoms with Gasteiger partial charge in [0, 0.05) is 16.9 Å². The van der Waals surface area contributed by atoms with Crippen molar-refractivity contribution in [3.63, 3.8) is 0 Å². The van der Waals surface area contributed by atoms with E-state index in [1.165, 1.54) is 24.4 Å². The fraction of sp³-hybridized carbons (Fsp3) is 0.0833. The lowest BCUT2D eigenvalue weighted by Crippen LogP contribution is -2.14. The first-order valence-corrected chi connectivity index (χ1v) is 7.77. The molecule has 2 rings (SSSR count). The van der Waals surface area contributed by atoms with Gasteiger partial charge in [-0.25, -0.2) is 8.42 Å². The second-order valence-electron chi connectivity index (χ2n) is 4.02. The maximum absolute atomic E-state index is 12.7. The van der Waals surface area contributed by atoms with Crippen LogP contribution in [0.3, 0.4) is 0 Å². The van der Waals surface area contributed by atoms with E-state index < -0.39 is 21.8 Å².